The van der Waals surface area contributed by atoms with Crippen LogP contribution in [0.15, 0.2) is 28.9 Å². The third kappa shape index (κ3) is 5.10. The molecule has 136 valence electrons. The Bertz CT molecular complexity index is 771. The first kappa shape index (κ1) is 20.0. The molecule has 0 aliphatic heterocycles. The van der Waals surface area contributed by atoms with Crippen LogP contribution in [0.25, 0.3) is 10.9 Å². The summed E-state index contributed by atoms with van der Waals surface area (Å²) in [6.45, 7) is 5.96. The van der Waals surface area contributed by atoms with Gasteiger partial charge in [-0.3, -0.25) is 4.98 Å². The van der Waals surface area contributed by atoms with E-state index >= 15 is 0 Å². The van der Waals surface area contributed by atoms with Crippen molar-refractivity contribution in [3.8, 4) is 5.75 Å². The van der Waals surface area contributed by atoms with Gasteiger partial charge in [0, 0.05) is 23.2 Å². The van der Waals surface area contributed by atoms with Crippen molar-refractivity contribution < 1.29 is 14.6 Å². The Morgan fingerprint density at radius 1 is 1.44 bits per heavy atom. The first-order valence-electron chi connectivity index (χ1n) is 7.92. The molecule has 0 aliphatic rings. The minimum Gasteiger partial charge on any atom is -0.484 e. The zero-order chi connectivity index (χ0) is 18.6. The summed E-state index contributed by atoms with van der Waals surface area (Å²) in [5, 5.41) is 13.7. The topological polar surface area (TPSA) is 63.6 Å². The van der Waals surface area contributed by atoms with E-state index in [1.165, 1.54) is 0 Å². The van der Waals surface area contributed by atoms with E-state index in [-0.39, 0.29) is 12.7 Å². The first-order chi connectivity index (χ1) is 11.8. The quantitative estimate of drug-likeness (QED) is 0.661. The van der Waals surface area contributed by atoms with E-state index in [1.807, 2.05) is 39.0 Å². The molecule has 2 rings (SSSR count). The van der Waals surface area contributed by atoms with Gasteiger partial charge in [-0.1, -0.05) is 12.2 Å². The number of nitrogens with one attached hydrogen (secondary N) is 1. The average Bonchev–Trinajstić information content (AvgIpc) is 2.54. The second-order valence-corrected chi connectivity index (χ2v) is 7.72. The molecule has 2 aromatic rings. The summed E-state index contributed by atoms with van der Waals surface area (Å²) in [5.41, 5.74) is 1.33. The summed E-state index contributed by atoms with van der Waals surface area (Å²) in [4.78, 5) is 4.95. The van der Waals surface area contributed by atoms with Crippen molar-refractivity contribution >= 4 is 44.0 Å². The number of halogens is 1. The van der Waals surface area contributed by atoms with Crippen molar-refractivity contribution in [1.82, 2.24) is 10.3 Å². The summed E-state index contributed by atoms with van der Waals surface area (Å²) in [7, 11) is 1.59. The predicted molar refractivity (Wildman–Crippen MR) is 107 cm³/mol. The number of thiocarbonyl (C=S) groups is 1. The molecule has 0 spiro atoms. The van der Waals surface area contributed by atoms with Gasteiger partial charge in [0.1, 0.15) is 16.8 Å². The third-order valence-electron chi connectivity index (χ3n) is 3.83. The van der Waals surface area contributed by atoms with Gasteiger partial charge < -0.3 is 19.9 Å². The Kier molecular flexibility index (Phi) is 6.73. The number of aryl methyl sites for hydroxylation is 1. The number of pyridine rings is 1. The highest BCUT2D eigenvalue weighted by Gasteiger charge is 2.26. The Hall–Kier alpha value is -1.28. The summed E-state index contributed by atoms with van der Waals surface area (Å²) >= 11 is 8.87. The van der Waals surface area contributed by atoms with Crippen LogP contribution in [0.3, 0.4) is 0 Å². The maximum atomic E-state index is 9.56. The number of methoxy groups -OCH3 is 1. The number of fused-ring (bicyclic) bond motifs is 1. The summed E-state index contributed by atoms with van der Waals surface area (Å²) in [6.07, 6.45) is 1.43. The molecule has 7 heteroatoms. The fraction of sp³-hybridized carbons (Fsp3) is 0.444. The first-order valence-corrected chi connectivity index (χ1v) is 9.12. The van der Waals surface area contributed by atoms with E-state index in [0.29, 0.717) is 11.6 Å². The van der Waals surface area contributed by atoms with E-state index < -0.39 is 5.54 Å². The number of aliphatic hydroxyl groups excluding tert-OH is 1. The molecule has 2 atom stereocenters. The van der Waals surface area contributed by atoms with Crippen LogP contribution in [0, 0.1) is 6.92 Å². The zero-order valence-corrected chi connectivity index (χ0v) is 17.2. The van der Waals surface area contributed by atoms with Crippen LogP contribution in [0.1, 0.15) is 19.4 Å². The Morgan fingerprint density at radius 3 is 2.80 bits per heavy atom. The molecule has 0 saturated heterocycles. The third-order valence-corrected chi connectivity index (χ3v) is 4.70. The van der Waals surface area contributed by atoms with Crippen molar-refractivity contribution in [2.24, 2.45) is 0 Å². The number of aromatic nitrogens is 1. The monoisotopic (exact) mass is 426 g/mol. The number of nitrogens with zero attached hydrogens (tertiary/aromatic N) is 1. The number of hydrogen-bond acceptors (Lipinski definition) is 5. The van der Waals surface area contributed by atoms with Crippen LogP contribution in [-0.4, -0.2) is 47.0 Å². The molecule has 25 heavy (non-hydrogen) atoms. The van der Waals surface area contributed by atoms with E-state index in [2.05, 4.69) is 26.2 Å². The van der Waals surface area contributed by atoms with Gasteiger partial charge in [0.25, 0.3) is 0 Å². The molecular formula is C18H23BrN2O3S. The fourth-order valence-electron chi connectivity index (χ4n) is 2.54. The van der Waals surface area contributed by atoms with E-state index in [0.717, 1.165) is 26.7 Å². The van der Waals surface area contributed by atoms with Crippen LogP contribution in [0.4, 0.5) is 0 Å². The highest BCUT2D eigenvalue weighted by molar-refractivity contribution is 9.10. The molecule has 0 aliphatic carbocycles. The molecule has 0 radical (unpaired) electrons. The standard InChI is InChI=1S/C18H23BrN2O3S/c1-11-5-15(7-13-6-14(19)8-20-16(11)13)24-12(2)17(25)21-18(3,9-22)10-23-4/h5-8,12,22H,9-10H2,1-4H3,(H,21,25). The van der Waals surface area contributed by atoms with Crippen LogP contribution in [-0.2, 0) is 4.74 Å². The SMILES string of the molecule is COCC(C)(CO)NC(=S)C(C)Oc1cc(C)c2ncc(Br)cc2c1. The highest BCUT2D eigenvalue weighted by atomic mass is 79.9. The maximum absolute atomic E-state index is 9.56. The molecule has 0 fully saturated rings. The van der Waals surface area contributed by atoms with Crippen molar-refractivity contribution in [2.75, 3.05) is 20.3 Å². The van der Waals surface area contributed by atoms with Gasteiger partial charge in [-0.2, -0.15) is 0 Å². The number of hydrogen-bond donors (Lipinski definition) is 2. The second-order valence-electron chi connectivity index (χ2n) is 6.37. The van der Waals surface area contributed by atoms with Gasteiger partial charge in [0.2, 0.25) is 0 Å². The van der Waals surface area contributed by atoms with Crippen molar-refractivity contribution in [1.29, 1.82) is 0 Å². The summed E-state index contributed by atoms with van der Waals surface area (Å²) in [5.74, 6) is 0.721. The minimum absolute atomic E-state index is 0.0948. The van der Waals surface area contributed by atoms with E-state index in [4.69, 9.17) is 21.7 Å². The average molecular weight is 427 g/mol. The van der Waals surface area contributed by atoms with Gasteiger partial charge in [0.05, 0.1) is 24.3 Å². The number of benzene rings is 1. The van der Waals surface area contributed by atoms with Gasteiger partial charge in [-0.25, -0.2) is 0 Å². The highest BCUT2D eigenvalue weighted by Crippen LogP contribution is 2.26. The minimum atomic E-state index is -0.641. The molecule has 0 amide bonds. The zero-order valence-electron chi connectivity index (χ0n) is 14.8. The van der Waals surface area contributed by atoms with Crippen LogP contribution < -0.4 is 10.1 Å². The molecule has 2 unspecified atom stereocenters. The summed E-state index contributed by atoms with van der Waals surface area (Å²) in [6, 6.07) is 5.90. The van der Waals surface area contributed by atoms with Gasteiger partial charge in [0.15, 0.2) is 0 Å². The molecule has 1 heterocycles. The predicted octanol–water partition coefficient (Wildman–Crippen LogP) is 3.39. The van der Waals surface area contributed by atoms with Crippen LogP contribution >= 0.6 is 28.1 Å². The Morgan fingerprint density at radius 2 is 2.16 bits per heavy atom. The molecule has 0 bridgehead atoms. The Balaban J connectivity index is 2.15. The second kappa shape index (κ2) is 8.40. The fourth-order valence-corrected chi connectivity index (χ4v) is 3.18. The lowest BCUT2D eigenvalue weighted by Gasteiger charge is -2.31. The van der Waals surface area contributed by atoms with Gasteiger partial charge in [-0.15, -0.1) is 0 Å². The lowest BCUT2D eigenvalue weighted by molar-refractivity contribution is 0.0840. The van der Waals surface area contributed by atoms with Crippen molar-refractivity contribution in [3.05, 3.63) is 34.4 Å². The van der Waals surface area contributed by atoms with Crippen molar-refractivity contribution in [3.63, 3.8) is 0 Å². The number of ether oxygens (including phenoxy) is 2. The smallest absolute Gasteiger partial charge is 0.146 e. The van der Waals surface area contributed by atoms with E-state index in [9.17, 15) is 5.11 Å². The largest absolute Gasteiger partial charge is 0.484 e. The Labute approximate surface area is 161 Å². The van der Waals surface area contributed by atoms with Gasteiger partial charge in [-0.05, 0) is 60.5 Å². The lowest BCUT2D eigenvalue weighted by Crippen LogP contribution is -2.54. The number of aliphatic hydroxyl groups is 1. The molecule has 1 aromatic carbocycles. The van der Waals surface area contributed by atoms with Crippen molar-refractivity contribution in [2.45, 2.75) is 32.4 Å². The molecule has 5 nitrogen and oxygen atoms in total. The van der Waals surface area contributed by atoms with Crippen LogP contribution in [0.5, 0.6) is 5.75 Å². The maximum Gasteiger partial charge on any atom is 0.146 e. The molecule has 0 saturated carbocycles. The lowest BCUT2D eigenvalue weighted by atomic mass is 10.1. The van der Waals surface area contributed by atoms with Gasteiger partial charge >= 0.3 is 0 Å². The molecule has 2 N–H and O–H groups in total. The normalized spacial score (nSPS) is 14.8. The summed E-state index contributed by atoms with van der Waals surface area (Å²) < 4.78 is 12.1. The molecular weight excluding hydrogens is 404 g/mol. The molecule has 1 aromatic heterocycles. The van der Waals surface area contributed by atoms with Crippen LogP contribution in [0.2, 0.25) is 0 Å². The van der Waals surface area contributed by atoms with E-state index in [1.54, 1.807) is 13.3 Å². The number of rotatable bonds is 7.